The van der Waals surface area contributed by atoms with Crippen LogP contribution in [0.25, 0.3) is 0 Å². The molecule has 18 heavy (non-hydrogen) atoms. The van der Waals surface area contributed by atoms with Crippen LogP contribution in [0.3, 0.4) is 0 Å². The third-order valence-electron chi connectivity index (χ3n) is 2.89. The van der Waals surface area contributed by atoms with Crippen molar-refractivity contribution in [3.8, 4) is 0 Å². The summed E-state index contributed by atoms with van der Waals surface area (Å²) in [6.07, 6.45) is 0. The molecule has 0 aliphatic carbocycles. The number of rotatable bonds is 1. The molecular weight excluding hydrogens is 230 g/mol. The summed E-state index contributed by atoms with van der Waals surface area (Å²) in [6, 6.07) is 9.21. The van der Waals surface area contributed by atoms with E-state index in [-0.39, 0.29) is 11.9 Å². The lowest BCUT2D eigenvalue weighted by Gasteiger charge is -2.34. The summed E-state index contributed by atoms with van der Waals surface area (Å²) in [4.78, 5) is 17.9. The first kappa shape index (κ1) is 12.4. The molecule has 2 rings (SSSR count). The molecule has 4 N–H and O–H groups in total. The van der Waals surface area contributed by atoms with Crippen LogP contribution in [-0.2, 0) is 4.79 Å². The van der Waals surface area contributed by atoms with E-state index in [1.54, 1.807) is 0 Å². The van der Waals surface area contributed by atoms with Crippen LogP contribution in [0, 0.1) is 0 Å². The van der Waals surface area contributed by atoms with Crippen molar-refractivity contribution < 1.29 is 4.79 Å². The highest BCUT2D eigenvalue weighted by Gasteiger charge is 2.27. The Hall–Kier alpha value is -2.08. The van der Waals surface area contributed by atoms with Gasteiger partial charge in [-0.2, -0.15) is 0 Å². The van der Waals surface area contributed by atoms with E-state index < -0.39 is 0 Å². The maximum atomic E-state index is 11.6. The first-order valence-electron chi connectivity index (χ1n) is 5.87. The second-order valence-electron chi connectivity index (χ2n) is 4.08. The van der Waals surface area contributed by atoms with Gasteiger partial charge in [0.25, 0.3) is 0 Å². The van der Waals surface area contributed by atoms with Crippen LogP contribution in [-0.4, -0.2) is 35.9 Å². The van der Waals surface area contributed by atoms with E-state index in [4.69, 9.17) is 5.84 Å². The van der Waals surface area contributed by atoms with Crippen LogP contribution >= 0.6 is 0 Å². The van der Waals surface area contributed by atoms with Gasteiger partial charge in [-0.15, -0.1) is 0 Å². The standard InChI is InChI=1S/C12H17N5O/c1-9-11(18)14-7-8-17(9)12(16-13)15-10-5-3-2-4-6-10/h2-6,9H,7-8,13H2,1H3,(H,14,18)(H,15,16). The van der Waals surface area contributed by atoms with Crippen molar-refractivity contribution in [2.45, 2.75) is 13.0 Å². The molecule has 1 aromatic carbocycles. The first-order valence-corrected chi connectivity index (χ1v) is 5.87. The minimum atomic E-state index is -0.280. The lowest BCUT2D eigenvalue weighted by molar-refractivity contribution is -0.126. The second kappa shape index (κ2) is 5.50. The summed E-state index contributed by atoms with van der Waals surface area (Å²) in [5, 5.41) is 2.80. The van der Waals surface area contributed by atoms with Crippen molar-refractivity contribution in [3.63, 3.8) is 0 Å². The number of aliphatic imine (C=N–C) groups is 1. The van der Waals surface area contributed by atoms with Crippen LogP contribution in [0.2, 0.25) is 0 Å². The van der Waals surface area contributed by atoms with Crippen molar-refractivity contribution in [1.29, 1.82) is 0 Å². The minimum absolute atomic E-state index is 0.0164. The van der Waals surface area contributed by atoms with E-state index in [1.165, 1.54) is 0 Å². The van der Waals surface area contributed by atoms with Crippen molar-refractivity contribution in [1.82, 2.24) is 15.6 Å². The number of carbonyl (C=O) groups is 1. The third kappa shape index (κ3) is 2.60. The molecule has 96 valence electrons. The number of benzene rings is 1. The van der Waals surface area contributed by atoms with Gasteiger partial charge in [0.1, 0.15) is 6.04 Å². The predicted molar refractivity (Wildman–Crippen MR) is 70.0 cm³/mol. The van der Waals surface area contributed by atoms with Crippen LogP contribution in [0.15, 0.2) is 35.3 Å². The van der Waals surface area contributed by atoms with Gasteiger partial charge in [0.15, 0.2) is 0 Å². The largest absolute Gasteiger partial charge is 0.353 e. The van der Waals surface area contributed by atoms with E-state index in [9.17, 15) is 4.79 Å². The molecule has 0 aromatic heterocycles. The maximum Gasteiger partial charge on any atom is 0.242 e. The number of nitrogens with one attached hydrogen (secondary N) is 2. The number of nitrogens with zero attached hydrogens (tertiary/aromatic N) is 2. The highest BCUT2D eigenvalue weighted by Crippen LogP contribution is 2.12. The number of hydrogen-bond donors (Lipinski definition) is 3. The second-order valence-corrected chi connectivity index (χ2v) is 4.08. The Morgan fingerprint density at radius 3 is 2.89 bits per heavy atom. The Morgan fingerprint density at radius 1 is 1.50 bits per heavy atom. The molecule has 1 fully saturated rings. The Bertz CT molecular complexity index is 445. The molecule has 6 heteroatoms. The molecule has 0 radical (unpaired) electrons. The Morgan fingerprint density at radius 2 is 2.22 bits per heavy atom. The van der Waals surface area contributed by atoms with Gasteiger partial charge in [-0.05, 0) is 19.1 Å². The number of hydrogen-bond acceptors (Lipinski definition) is 3. The predicted octanol–water partition coefficient (Wildman–Crippen LogP) is -0.0423. The van der Waals surface area contributed by atoms with Gasteiger partial charge >= 0.3 is 0 Å². The number of carbonyl (C=O) groups excluding carboxylic acids is 1. The lowest BCUT2D eigenvalue weighted by atomic mass is 10.2. The van der Waals surface area contributed by atoms with Gasteiger partial charge in [-0.3, -0.25) is 10.2 Å². The molecule has 6 nitrogen and oxygen atoms in total. The van der Waals surface area contributed by atoms with Crippen LogP contribution < -0.4 is 16.6 Å². The van der Waals surface area contributed by atoms with Crippen molar-refractivity contribution in [2.24, 2.45) is 10.8 Å². The molecule has 1 atom stereocenters. The summed E-state index contributed by atoms with van der Waals surface area (Å²) >= 11 is 0. The van der Waals surface area contributed by atoms with E-state index >= 15 is 0 Å². The number of para-hydroxylation sites is 1. The molecular formula is C12H17N5O. The summed E-state index contributed by atoms with van der Waals surface area (Å²) in [6.45, 7) is 3.10. The quantitative estimate of drug-likeness (QED) is 0.281. The summed E-state index contributed by atoms with van der Waals surface area (Å²) in [5.74, 6) is 5.99. The van der Waals surface area contributed by atoms with Gasteiger partial charge in [0.05, 0.1) is 5.69 Å². The Balaban J connectivity index is 2.23. The molecule has 1 heterocycles. The summed E-state index contributed by atoms with van der Waals surface area (Å²) in [7, 11) is 0. The molecule has 1 aromatic rings. The van der Waals surface area contributed by atoms with Crippen molar-refractivity contribution in [2.75, 3.05) is 13.1 Å². The molecule has 1 unspecified atom stereocenters. The fourth-order valence-electron chi connectivity index (χ4n) is 1.88. The number of piperazine rings is 1. The fourth-order valence-corrected chi connectivity index (χ4v) is 1.88. The highest BCUT2D eigenvalue weighted by atomic mass is 16.2. The number of hydrazine groups is 1. The zero-order chi connectivity index (χ0) is 13.0. The normalized spacial score (nSPS) is 20.6. The van der Waals surface area contributed by atoms with E-state index in [0.29, 0.717) is 19.0 Å². The maximum absolute atomic E-state index is 11.6. The monoisotopic (exact) mass is 247 g/mol. The number of amides is 1. The lowest BCUT2D eigenvalue weighted by Crippen LogP contribution is -2.59. The summed E-state index contributed by atoms with van der Waals surface area (Å²) in [5.41, 5.74) is 3.36. The SMILES string of the molecule is CC1C(=O)NCCN1C(=Nc1ccccc1)NN. The number of nitrogens with two attached hydrogens (primary N) is 1. The fraction of sp³-hybridized carbons (Fsp3) is 0.333. The molecule has 1 saturated heterocycles. The van der Waals surface area contributed by atoms with Gasteiger partial charge in [0.2, 0.25) is 11.9 Å². The Kier molecular flexibility index (Phi) is 3.78. The first-order chi connectivity index (χ1) is 8.72. The zero-order valence-corrected chi connectivity index (χ0v) is 10.3. The van der Waals surface area contributed by atoms with Gasteiger partial charge in [0, 0.05) is 13.1 Å². The average Bonchev–Trinajstić information content (AvgIpc) is 2.41. The van der Waals surface area contributed by atoms with E-state index in [0.717, 1.165) is 5.69 Å². The molecule has 1 aliphatic heterocycles. The van der Waals surface area contributed by atoms with E-state index in [1.807, 2.05) is 42.2 Å². The van der Waals surface area contributed by atoms with E-state index in [2.05, 4.69) is 15.7 Å². The smallest absolute Gasteiger partial charge is 0.242 e. The molecule has 1 amide bonds. The van der Waals surface area contributed by atoms with Crippen LogP contribution in [0.5, 0.6) is 0 Å². The highest BCUT2D eigenvalue weighted by molar-refractivity contribution is 5.90. The molecule has 0 spiro atoms. The minimum Gasteiger partial charge on any atom is -0.353 e. The van der Waals surface area contributed by atoms with Gasteiger partial charge < -0.3 is 10.2 Å². The van der Waals surface area contributed by atoms with Crippen LogP contribution in [0.1, 0.15) is 6.92 Å². The topological polar surface area (TPSA) is 82.8 Å². The number of guanidine groups is 1. The van der Waals surface area contributed by atoms with Crippen molar-refractivity contribution >= 4 is 17.6 Å². The van der Waals surface area contributed by atoms with Crippen LogP contribution in [0.4, 0.5) is 5.69 Å². The Labute approximate surface area is 106 Å². The third-order valence-corrected chi connectivity index (χ3v) is 2.89. The molecule has 0 bridgehead atoms. The van der Waals surface area contributed by atoms with Gasteiger partial charge in [-0.1, -0.05) is 18.2 Å². The molecule has 0 saturated carbocycles. The van der Waals surface area contributed by atoms with Gasteiger partial charge in [-0.25, -0.2) is 10.8 Å². The average molecular weight is 247 g/mol. The molecule has 1 aliphatic rings. The zero-order valence-electron chi connectivity index (χ0n) is 10.3. The summed E-state index contributed by atoms with van der Waals surface area (Å²) < 4.78 is 0. The van der Waals surface area contributed by atoms with Crippen molar-refractivity contribution in [3.05, 3.63) is 30.3 Å².